The number of para-hydroxylation sites is 1. The van der Waals surface area contributed by atoms with E-state index in [-0.39, 0.29) is 18.4 Å². The van der Waals surface area contributed by atoms with Crippen LogP contribution in [0.15, 0.2) is 53.9 Å². The number of hydrogen-bond donors (Lipinski definition) is 2. The molecule has 0 saturated carbocycles. The maximum atomic E-state index is 13.5. The van der Waals surface area contributed by atoms with Gasteiger partial charge in [-0.3, -0.25) is 19.4 Å². The van der Waals surface area contributed by atoms with Crippen LogP contribution in [0, 0.1) is 0 Å². The summed E-state index contributed by atoms with van der Waals surface area (Å²) < 4.78 is 0. The van der Waals surface area contributed by atoms with Gasteiger partial charge >= 0.3 is 0 Å². The van der Waals surface area contributed by atoms with Crippen molar-refractivity contribution in [1.29, 1.82) is 0 Å². The van der Waals surface area contributed by atoms with Crippen LogP contribution in [0.25, 0.3) is 10.9 Å². The molecule has 0 spiro atoms. The molecule has 9 nitrogen and oxygen atoms in total. The second-order valence-electron chi connectivity index (χ2n) is 8.07. The molecule has 0 bridgehead atoms. The molecule has 5 rings (SSSR count). The molecule has 3 aromatic rings. The number of piperazine rings is 1. The Morgan fingerprint density at radius 1 is 1.25 bits per heavy atom. The first-order valence-corrected chi connectivity index (χ1v) is 10.4. The second-order valence-corrected chi connectivity index (χ2v) is 8.07. The van der Waals surface area contributed by atoms with Gasteiger partial charge in [0.1, 0.15) is 12.8 Å². The lowest BCUT2D eigenvalue weighted by Crippen LogP contribution is -2.65. The van der Waals surface area contributed by atoms with E-state index in [2.05, 4.69) is 20.4 Å². The standard InChI is InChI=1S/C23H22N6O3/c1-23-21-17(16-4-2-3-5-18(16)27-21)8-11-28(23)20(31)14-29(22(23)32)26-13-19(30)25-12-15-6-9-24-10-7-15/h2-7,9-10,13,27H,8,11-12,14H2,1H3,(H,25,30)/b26-13+. The van der Waals surface area contributed by atoms with Crippen molar-refractivity contribution in [3.05, 3.63) is 65.6 Å². The van der Waals surface area contributed by atoms with Crippen LogP contribution in [-0.4, -0.2) is 56.9 Å². The molecule has 0 aliphatic carbocycles. The number of hydrazone groups is 1. The molecule has 2 aliphatic rings. The van der Waals surface area contributed by atoms with Crippen molar-refractivity contribution in [3.8, 4) is 0 Å². The Kier molecular flexibility index (Phi) is 4.73. The minimum atomic E-state index is -1.20. The molecule has 1 unspecified atom stereocenters. The lowest BCUT2D eigenvalue weighted by atomic mass is 9.83. The van der Waals surface area contributed by atoms with Crippen LogP contribution in [0.5, 0.6) is 0 Å². The van der Waals surface area contributed by atoms with Crippen LogP contribution in [0.2, 0.25) is 0 Å². The van der Waals surface area contributed by atoms with E-state index in [1.807, 2.05) is 24.3 Å². The van der Waals surface area contributed by atoms with Crippen LogP contribution in [-0.2, 0) is 32.9 Å². The highest BCUT2D eigenvalue weighted by atomic mass is 16.2. The normalized spacial score (nSPS) is 20.5. The lowest BCUT2D eigenvalue weighted by molar-refractivity contribution is -0.165. The molecule has 1 saturated heterocycles. The summed E-state index contributed by atoms with van der Waals surface area (Å²) in [4.78, 5) is 47.5. The molecule has 32 heavy (non-hydrogen) atoms. The fourth-order valence-corrected chi connectivity index (χ4v) is 4.54. The highest BCUT2D eigenvalue weighted by Crippen LogP contribution is 2.41. The molecular weight excluding hydrogens is 408 g/mol. The van der Waals surface area contributed by atoms with E-state index in [4.69, 9.17) is 0 Å². The number of H-pyrrole nitrogens is 1. The molecule has 1 aromatic carbocycles. The zero-order chi connectivity index (χ0) is 22.3. The summed E-state index contributed by atoms with van der Waals surface area (Å²) in [6.45, 7) is 2.31. The quantitative estimate of drug-likeness (QED) is 0.608. The number of rotatable bonds is 4. The summed E-state index contributed by atoms with van der Waals surface area (Å²) in [5.41, 5.74) is 2.37. The van der Waals surface area contributed by atoms with Crippen molar-refractivity contribution in [1.82, 2.24) is 25.2 Å². The molecule has 1 fully saturated rings. The number of nitrogens with one attached hydrogen (secondary N) is 2. The highest BCUT2D eigenvalue weighted by Gasteiger charge is 2.54. The molecule has 0 radical (unpaired) electrons. The van der Waals surface area contributed by atoms with Gasteiger partial charge in [-0.2, -0.15) is 5.10 Å². The van der Waals surface area contributed by atoms with Crippen LogP contribution in [0.4, 0.5) is 0 Å². The fourth-order valence-electron chi connectivity index (χ4n) is 4.54. The van der Waals surface area contributed by atoms with Crippen LogP contribution in [0.1, 0.15) is 23.7 Å². The van der Waals surface area contributed by atoms with E-state index >= 15 is 0 Å². The number of carbonyl (C=O) groups is 3. The summed E-state index contributed by atoms with van der Waals surface area (Å²) >= 11 is 0. The third kappa shape index (κ3) is 3.13. The zero-order valence-electron chi connectivity index (χ0n) is 17.5. The third-order valence-electron chi connectivity index (χ3n) is 6.19. The number of amides is 3. The minimum absolute atomic E-state index is 0.196. The second kappa shape index (κ2) is 7.60. The lowest BCUT2D eigenvalue weighted by Gasteiger charge is -2.48. The maximum absolute atomic E-state index is 13.5. The molecular formula is C23H22N6O3. The number of hydrogen-bond acceptors (Lipinski definition) is 5. The van der Waals surface area contributed by atoms with Crippen LogP contribution < -0.4 is 5.32 Å². The largest absolute Gasteiger partial charge is 0.356 e. The van der Waals surface area contributed by atoms with Gasteiger partial charge in [-0.15, -0.1) is 0 Å². The van der Waals surface area contributed by atoms with Gasteiger partial charge in [0.15, 0.2) is 5.54 Å². The third-order valence-corrected chi connectivity index (χ3v) is 6.19. The van der Waals surface area contributed by atoms with Gasteiger partial charge in [-0.25, -0.2) is 5.01 Å². The van der Waals surface area contributed by atoms with Gasteiger partial charge in [0.25, 0.3) is 11.8 Å². The van der Waals surface area contributed by atoms with Gasteiger partial charge < -0.3 is 15.2 Å². The van der Waals surface area contributed by atoms with Crippen LogP contribution in [0.3, 0.4) is 0 Å². The Hall–Kier alpha value is -4.01. The van der Waals surface area contributed by atoms with Gasteiger partial charge in [0.2, 0.25) is 5.91 Å². The van der Waals surface area contributed by atoms with E-state index in [9.17, 15) is 14.4 Å². The maximum Gasteiger partial charge on any atom is 0.275 e. The first-order valence-electron chi connectivity index (χ1n) is 10.4. The molecule has 3 amide bonds. The number of benzene rings is 1. The number of carbonyl (C=O) groups excluding carboxylic acids is 3. The van der Waals surface area contributed by atoms with E-state index in [0.29, 0.717) is 25.2 Å². The molecule has 4 heterocycles. The minimum Gasteiger partial charge on any atom is -0.356 e. The first kappa shape index (κ1) is 19.9. The topological polar surface area (TPSA) is 111 Å². The molecule has 1 atom stereocenters. The van der Waals surface area contributed by atoms with Crippen molar-refractivity contribution < 1.29 is 14.4 Å². The van der Waals surface area contributed by atoms with Crippen molar-refractivity contribution in [3.63, 3.8) is 0 Å². The number of aromatic amines is 1. The van der Waals surface area contributed by atoms with Crippen molar-refractivity contribution >= 4 is 34.8 Å². The Labute approximate surface area is 184 Å². The number of pyridine rings is 1. The Balaban J connectivity index is 1.39. The van der Waals surface area contributed by atoms with Crippen molar-refractivity contribution in [2.45, 2.75) is 25.4 Å². The highest BCUT2D eigenvalue weighted by molar-refractivity contribution is 6.26. The van der Waals surface area contributed by atoms with Gasteiger partial charge in [-0.05, 0) is 42.7 Å². The van der Waals surface area contributed by atoms with Crippen molar-refractivity contribution in [2.24, 2.45) is 5.10 Å². The average Bonchev–Trinajstić information content (AvgIpc) is 3.20. The molecule has 162 valence electrons. The molecule has 9 heteroatoms. The first-order chi connectivity index (χ1) is 15.5. The predicted octanol–water partition coefficient (Wildman–Crippen LogP) is 1.31. The summed E-state index contributed by atoms with van der Waals surface area (Å²) in [7, 11) is 0. The summed E-state index contributed by atoms with van der Waals surface area (Å²) in [5, 5.41) is 8.92. The SMILES string of the molecule is CC12C(=O)N(/N=C/C(=O)NCc3ccncc3)CC(=O)N1CCc1c2[nH]c2ccccc12. The van der Waals surface area contributed by atoms with Gasteiger partial charge in [0, 0.05) is 36.4 Å². The Morgan fingerprint density at radius 3 is 2.84 bits per heavy atom. The Bertz CT molecular complexity index is 1250. The Morgan fingerprint density at radius 2 is 2.03 bits per heavy atom. The molecule has 2 N–H and O–H groups in total. The van der Waals surface area contributed by atoms with E-state index in [1.165, 1.54) is 0 Å². The summed E-state index contributed by atoms with van der Waals surface area (Å²) in [6, 6.07) is 11.4. The predicted molar refractivity (Wildman–Crippen MR) is 117 cm³/mol. The molecule has 2 aromatic heterocycles. The van der Waals surface area contributed by atoms with Gasteiger partial charge in [-0.1, -0.05) is 18.2 Å². The smallest absolute Gasteiger partial charge is 0.275 e. The average molecular weight is 430 g/mol. The van der Waals surface area contributed by atoms with E-state index in [0.717, 1.165) is 33.3 Å². The monoisotopic (exact) mass is 430 g/mol. The zero-order valence-corrected chi connectivity index (χ0v) is 17.5. The number of fused-ring (bicyclic) bond motifs is 5. The number of nitrogens with zero attached hydrogens (tertiary/aromatic N) is 4. The van der Waals surface area contributed by atoms with Gasteiger partial charge in [0.05, 0.1) is 5.69 Å². The van der Waals surface area contributed by atoms with E-state index in [1.54, 1.807) is 36.4 Å². The fraction of sp³-hybridized carbons (Fsp3) is 0.261. The van der Waals surface area contributed by atoms with Crippen LogP contribution >= 0.6 is 0 Å². The van der Waals surface area contributed by atoms with Crippen molar-refractivity contribution in [2.75, 3.05) is 13.1 Å². The molecule has 2 aliphatic heterocycles. The number of aromatic nitrogens is 2. The van der Waals surface area contributed by atoms with E-state index < -0.39 is 11.4 Å². The summed E-state index contributed by atoms with van der Waals surface area (Å²) in [6.07, 6.45) is 5.00. The summed E-state index contributed by atoms with van der Waals surface area (Å²) in [5.74, 6) is -1.00.